The van der Waals surface area contributed by atoms with Gasteiger partial charge in [0, 0.05) is 29.8 Å². The van der Waals surface area contributed by atoms with Crippen molar-refractivity contribution in [3.05, 3.63) is 23.6 Å². The third-order valence-corrected chi connectivity index (χ3v) is 3.46. The molecule has 0 aliphatic carbocycles. The van der Waals surface area contributed by atoms with Crippen molar-refractivity contribution in [2.24, 2.45) is 0 Å². The van der Waals surface area contributed by atoms with E-state index in [1.165, 1.54) is 0 Å². The highest BCUT2D eigenvalue weighted by Gasteiger charge is 2.24. The fourth-order valence-electron chi connectivity index (χ4n) is 2.14. The van der Waals surface area contributed by atoms with Gasteiger partial charge in [0.1, 0.15) is 0 Å². The highest BCUT2D eigenvalue weighted by atomic mass is 35.5. The molecule has 3 heterocycles. The second-order valence-corrected chi connectivity index (χ2v) is 4.80. The van der Waals surface area contributed by atoms with Gasteiger partial charge in [0.05, 0.1) is 18.8 Å². The first kappa shape index (κ1) is 12.5. The van der Waals surface area contributed by atoms with Gasteiger partial charge in [-0.1, -0.05) is 11.6 Å². The summed E-state index contributed by atoms with van der Waals surface area (Å²) in [6.07, 6.45) is 3.50. The molecule has 19 heavy (non-hydrogen) atoms. The van der Waals surface area contributed by atoms with Crippen LogP contribution in [0.3, 0.4) is 0 Å². The molecule has 2 N–H and O–H groups in total. The Balaban J connectivity index is 1.94. The summed E-state index contributed by atoms with van der Waals surface area (Å²) in [6.45, 7) is 0.945. The number of aromatic nitrogens is 3. The number of hydrogen-bond acceptors (Lipinski definition) is 6. The van der Waals surface area contributed by atoms with Crippen LogP contribution in [-0.2, 0) is 4.74 Å². The number of nitrogens with one attached hydrogen (secondary N) is 1. The maximum atomic E-state index is 9.88. The number of nitrogens with zero attached hydrogens (tertiary/aromatic N) is 3. The quantitative estimate of drug-likeness (QED) is 0.861. The Labute approximate surface area is 114 Å². The van der Waals surface area contributed by atoms with Crippen LogP contribution in [-0.4, -0.2) is 45.6 Å². The Bertz CT molecular complexity index is 595. The Morgan fingerprint density at radius 1 is 1.37 bits per heavy atom. The monoisotopic (exact) mass is 280 g/mol. The van der Waals surface area contributed by atoms with Crippen LogP contribution in [0.2, 0.25) is 5.15 Å². The highest BCUT2D eigenvalue weighted by molar-refractivity contribution is 6.34. The minimum Gasteiger partial charge on any atom is -0.389 e. The summed E-state index contributed by atoms with van der Waals surface area (Å²) in [5, 5.41) is 23.0. The van der Waals surface area contributed by atoms with Gasteiger partial charge in [0.25, 0.3) is 0 Å². The third kappa shape index (κ3) is 2.47. The number of ether oxygens (including phenoxy) is 1. The molecule has 0 amide bonds. The number of aliphatic hydroxyl groups is 1. The van der Waals surface area contributed by atoms with Crippen LogP contribution in [0.5, 0.6) is 0 Å². The molecule has 0 bridgehead atoms. The van der Waals surface area contributed by atoms with Crippen molar-refractivity contribution < 1.29 is 9.84 Å². The predicted octanol–water partition coefficient (Wildman–Crippen LogP) is 1.24. The van der Waals surface area contributed by atoms with Crippen LogP contribution in [0.1, 0.15) is 6.42 Å². The van der Waals surface area contributed by atoms with Crippen molar-refractivity contribution in [3.8, 4) is 0 Å². The topological polar surface area (TPSA) is 80.2 Å². The van der Waals surface area contributed by atoms with Gasteiger partial charge >= 0.3 is 0 Å². The van der Waals surface area contributed by atoms with E-state index in [2.05, 4.69) is 20.5 Å². The second kappa shape index (κ2) is 5.24. The molecular formula is C12H13ClN4O2. The molecule has 6 nitrogen and oxygen atoms in total. The number of anilines is 1. The summed E-state index contributed by atoms with van der Waals surface area (Å²) in [4.78, 5) is 4.07. The van der Waals surface area contributed by atoms with Gasteiger partial charge in [-0.15, -0.1) is 10.2 Å². The molecule has 1 saturated heterocycles. The summed E-state index contributed by atoms with van der Waals surface area (Å²) >= 11 is 6.00. The van der Waals surface area contributed by atoms with E-state index in [4.69, 9.17) is 16.3 Å². The SMILES string of the molecule is OC1COCCC1Nc1nnc(Cl)c2ccncc12. The van der Waals surface area contributed by atoms with Gasteiger partial charge in [-0.25, -0.2) is 0 Å². The molecular weight excluding hydrogens is 268 g/mol. The molecule has 2 aromatic heterocycles. The Morgan fingerprint density at radius 3 is 3.11 bits per heavy atom. The van der Waals surface area contributed by atoms with Crippen molar-refractivity contribution in [2.75, 3.05) is 18.5 Å². The van der Waals surface area contributed by atoms with Crippen LogP contribution in [0.15, 0.2) is 18.5 Å². The number of fused-ring (bicyclic) bond motifs is 1. The lowest BCUT2D eigenvalue weighted by Gasteiger charge is -2.28. The molecule has 1 fully saturated rings. The van der Waals surface area contributed by atoms with Gasteiger partial charge < -0.3 is 15.2 Å². The van der Waals surface area contributed by atoms with E-state index in [0.29, 0.717) is 30.6 Å². The van der Waals surface area contributed by atoms with Crippen molar-refractivity contribution in [2.45, 2.75) is 18.6 Å². The third-order valence-electron chi connectivity index (χ3n) is 3.18. The van der Waals surface area contributed by atoms with E-state index < -0.39 is 6.10 Å². The van der Waals surface area contributed by atoms with Crippen LogP contribution in [0.4, 0.5) is 5.82 Å². The van der Waals surface area contributed by atoms with E-state index in [-0.39, 0.29) is 6.04 Å². The molecule has 1 aliphatic heterocycles. The van der Waals surface area contributed by atoms with Gasteiger partial charge in [-0.05, 0) is 12.5 Å². The van der Waals surface area contributed by atoms with E-state index in [1.807, 2.05) is 0 Å². The number of pyridine rings is 1. The smallest absolute Gasteiger partial charge is 0.159 e. The number of rotatable bonds is 2. The number of hydrogen-bond donors (Lipinski definition) is 2. The standard InChI is InChI=1S/C12H13ClN4O2/c13-11-7-1-3-14-5-8(7)12(17-16-11)15-9-2-4-19-6-10(9)18/h1,3,5,9-10,18H,2,4,6H2,(H,15,17). The van der Waals surface area contributed by atoms with Gasteiger partial charge in [0.15, 0.2) is 11.0 Å². The largest absolute Gasteiger partial charge is 0.389 e. The lowest BCUT2D eigenvalue weighted by atomic mass is 10.1. The summed E-state index contributed by atoms with van der Waals surface area (Å²) in [7, 11) is 0. The first-order valence-corrected chi connectivity index (χ1v) is 6.42. The van der Waals surface area contributed by atoms with Crippen molar-refractivity contribution >= 4 is 28.2 Å². The zero-order valence-corrected chi connectivity index (χ0v) is 10.8. The van der Waals surface area contributed by atoms with E-state index in [1.54, 1.807) is 18.5 Å². The van der Waals surface area contributed by atoms with Crippen molar-refractivity contribution in [1.82, 2.24) is 15.2 Å². The van der Waals surface area contributed by atoms with E-state index in [9.17, 15) is 5.11 Å². The minimum absolute atomic E-state index is 0.104. The number of aliphatic hydroxyl groups excluding tert-OH is 1. The molecule has 100 valence electrons. The molecule has 0 spiro atoms. The summed E-state index contributed by atoms with van der Waals surface area (Å²) in [5.41, 5.74) is 0. The van der Waals surface area contributed by atoms with Crippen LogP contribution >= 0.6 is 11.6 Å². The van der Waals surface area contributed by atoms with Gasteiger partial charge in [-0.2, -0.15) is 0 Å². The molecule has 7 heteroatoms. The zero-order valence-electron chi connectivity index (χ0n) is 10.1. The average molecular weight is 281 g/mol. The van der Waals surface area contributed by atoms with Crippen LogP contribution in [0, 0.1) is 0 Å². The Kier molecular flexibility index (Phi) is 3.46. The van der Waals surface area contributed by atoms with Crippen LogP contribution in [0.25, 0.3) is 10.8 Å². The van der Waals surface area contributed by atoms with Crippen molar-refractivity contribution in [1.29, 1.82) is 0 Å². The van der Waals surface area contributed by atoms with Gasteiger partial charge in [-0.3, -0.25) is 4.98 Å². The molecule has 0 saturated carbocycles. The van der Waals surface area contributed by atoms with Gasteiger partial charge in [0.2, 0.25) is 0 Å². The number of halogens is 1. The summed E-state index contributed by atoms with van der Waals surface area (Å²) in [5.74, 6) is 0.582. The minimum atomic E-state index is -0.557. The molecule has 2 atom stereocenters. The molecule has 2 aromatic rings. The predicted molar refractivity (Wildman–Crippen MR) is 71.2 cm³/mol. The fourth-order valence-corrected chi connectivity index (χ4v) is 2.34. The van der Waals surface area contributed by atoms with Crippen LogP contribution < -0.4 is 5.32 Å². The summed E-state index contributed by atoms with van der Waals surface area (Å²) < 4.78 is 5.20. The molecule has 0 radical (unpaired) electrons. The lowest BCUT2D eigenvalue weighted by molar-refractivity contribution is -0.0135. The average Bonchev–Trinajstić information content (AvgIpc) is 2.44. The molecule has 2 unspecified atom stereocenters. The first-order chi connectivity index (χ1) is 9.25. The first-order valence-electron chi connectivity index (χ1n) is 6.04. The zero-order chi connectivity index (χ0) is 13.2. The Morgan fingerprint density at radius 2 is 2.26 bits per heavy atom. The Hall–Kier alpha value is -1.50. The van der Waals surface area contributed by atoms with E-state index in [0.717, 1.165) is 10.8 Å². The normalized spacial score (nSPS) is 23.5. The summed E-state index contributed by atoms with van der Waals surface area (Å²) in [6, 6.07) is 1.69. The molecule has 0 aromatic carbocycles. The second-order valence-electron chi connectivity index (χ2n) is 4.44. The maximum absolute atomic E-state index is 9.88. The fraction of sp³-hybridized carbons (Fsp3) is 0.417. The molecule has 3 rings (SSSR count). The van der Waals surface area contributed by atoms with Crippen molar-refractivity contribution in [3.63, 3.8) is 0 Å². The maximum Gasteiger partial charge on any atom is 0.159 e. The highest BCUT2D eigenvalue weighted by Crippen LogP contribution is 2.26. The lowest BCUT2D eigenvalue weighted by Crippen LogP contribution is -2.42. The van der Waals surface area contributed by atoms with E-state index >= 15 is 0 Å². The molecule has 1 aliphatic rings.